The third-order valence-electron chi connectivity index (χ3n) is 1.41. The molecule has 0 unspecified atom stereocenters. The number of aliphatic carboxylic acids is 1. The average Bonchev–Trinajstić information content (AvgIpc) is 2.50. The van der Waals surface area contributed by atoms with E-state index in [1.165, 1.54) is 18.3 Å². The summed E-state index contributed by atoms with van der Waals surface area (Å²) in [5.41, 5.74) is 0. The van der Waals surface area contributed by atoms with Crippen LogP contribution in [0.1, 0.15) is 11.8 Å². The maximum absolute atomic E-state index is 10.7. The highest BCUT2D eigenvalue weighted by atomic mass is 32.1. The highest BCUT2D eigenvalue weighted by Crippen LogP contribution is 2.17. The van der Waals surface area contributed by atoms with Crippen LogP contribution in [-0.2, 0) is 16.1 Å². The van der Waals surface area contributed by atoms with Crippen LogP contribution in [0.2, 0.25) is 0 Å². The highest BCUT2D eigenvalue weighted by Gasteiger charge is 2.03. The van der Waals surface area contributed by atoms with E-state index >= 15 is 0 Å². The van der Waals surface area contributed by atoms with Gasteiger partial charge in [0.2, 0.25) is 5.91 Å². The first kappa shape index (κ1) is 11.6. The third kappa shape index (κ3) is 4.52. The fraction of sp³-hybridized carbons (Fsp3) is 0.375. The van der Waals surface area contributed by atoms with Crippen LogP contribution >= 0.6 is 11.3 Å². The van der Waals surface area contributed by atoms with Crippen molar-refractivity contribution in [2.24, 2.45) is 0 Å². The van der Waals surface area contributed by atoms with Crippen molar-refractivity contribution in [2.75, 3.05) is 11.9 Å². The number of hydrogen-bond donors (Lipinski definition) is 3. The van der Waals surface area contributed by atoms with Gasteiger partial charge in [-0.15, -0.1) is 11.3 Å². The number of carboxylic acid groups (broad SMARTS) is 1. The van der Waals surface area contributed by atoms with Gasteiger partial charge >= 0.3 is 5.97 Å². The molecule has 0 fully saturated rings. The Balaban J connectivity index is 2.39. The third-order valence-corrected chi connectivity index (χ3v) is 2.32. The predicted molar refractivity (Wildman–Crippen MR) is 55.8 cm³/mol. The van der Waals surface area contributed by atoms with Gasteiger partial charge in [0.05, 0.1) is 6.54 Å². The van der Waals surface area contributed by atoms with E-state index < -0.39 is 5.97 Å². The Labute approximate surface area is 90.3 Å². The molecule has 0 aromatic carbocycles. The zero-order valence-electron chi connectivity index (χ0n) is 8.11. The topological polar surface area (TPSA) is 91.3 Å². The van der Waals surface area contributed by atoms with Crippen molar-refractivity contribution in [1.82, 2.24) is 10.3 Å². The first-order valence-corrected chi connectivity index (χ1v) is 5.04. The van der Waals surface area contributed by atoms with Gasteiger partial charge in [-0.3, -0.25) is 9.59 Å². The molecule has 82 valence electrons. The number of carbonyl (C=O) groups is 2. The molecule has 0 aliphatic rings. The molecular formula is C8H11N3O3S. The van der Waals surface area contributed by atoms with Crippen LogP contribution in [0.15, 0.2) is 6.20 Å². The van der Waals surface area contributed by atoms with Crippen LogP contribution in [0, 0.1) is 0 Å². The molecule has 0 saturated carbocycles. The number of hydrogen-bond acceptors (Lipinski definition) is 5. The molecule has 0 radical (unpaired) electrons. The van der Waals surface area contributed by atoms with E-state index in [0.717, 1.165) is 4.88 Å². The van der Waals surface area contributed by atoms with Gasteiger partial charge in [0, 0.05) is 24.5 Å². The zero-order valence-corrected chi connectivity index (χ0v) is 8.93. The number of carboxylic acids is 1. The molecule has 0 spiro atoms. The SMILES string of the molecule is CC(=O)Nc1ncc(CNCC(=O)O)s1. The fourth-order valence-electron chi connectivity index (χ4n) is 0.890. The van der Waals surface area contributed by atoms with E-state index in [0.29, 0.717) is 11.7 Å². The lowest BCUT2D eigenvalue weighted by molar-refractivity contribution is -0.136. The Kier molecular flexibility index (Phi) is 4.19. The van der Waals surface area contributed by atoms with Crippen molar-refractivity contribution in [2.45, 2.75) is 13.5 Å². The number of amides is 1. The summed E-state index contributed by atoms with van der Waals surface area (Å²) in [4.78, 5) is 25.7. The molecule has 0 saturated heterocycles. The molecule has 1 aromatic heterocycles. The van der Waals surface area contributed by atoms with E-state index in [1.54, 1.807) is 6.20 Å². The summed E-state index contributed by atoms with van der Waals surface area (Å²) in [6, 6.07) is 0. The van der Waals surface area contributed by atoms with Crippen molar-refractivity contribution in [3.63, 3.8) is 0 Å². The fourth-order valence-corrected chi connectivity index (χ4v) is 1.72. The summed E-state index contributed by atoms with van der Waals surface area (Å²) in [5.74, 6) is -1.07. The second-order valence-corrected chi connectivity index (χ2v) is 3.93. The molecule has 1 heterocycles. The molecule has 0 atom stereocenters. The van der Waals surface area contributed by atoms with E-state index in [9.17, 15) is 9.59 Å². The van der Waals surface area contributed by atoms with Gasteiger partial charge in [-0.2, -0.15) is 0 Å². The summed E-state index contributed by atoms with van der Waals surface area (Å²) in [5, 5.41) is 14.2. The first-order valence-electron chi connectivity index (χ1n) is 4.22. The molecule has 7 heteroatoms. The van der Waals surface area contributed by atoms with E-state index in [1.807, 2.05) is 0 Å². The monoisotopic (exact) mass is 229 g/mol. The van der Waals surface area contributed by atoms with E-state index in [4.69, 9.17) is 5.11 Å². The highest BCUT2D eigenvalue weighted by molar-refractivity contribution is 7.15. The largest absolute Gasteiger partial charge is 0.480 e. The minimum atomic E-state index is -0.901. The second kappa shape index (κ2) is 5.42. The zero-order chi connectivity index (χ0) is 11.3. The van der Waals surface area contributed by atoms with Crippen molar-refractivity contribution in [3.8, 4) is 0 Å². The van der Waals surface area contributed by atoms with Crippen molar-refractivity contribution >= 4 is 28.3 Å². The Morgan fingerprint density at radius 2 is 2.33 bits per heavy atom. The van der Waals surface area contributed by atoms with Crippen LogP contribution in [0.4, 0.5) is 5.13 Å². The smallest absolute Gasteiger partial charge is 0.317 e. The second-order valence-electron chi connectivity index (χ2n) is 2.81. The quantitative estimate of drug-likeness (QED) is 0.674. The normalized spacial score (nSPS) is 9.93. The molecule has 0 aliphatic carbocycles. The number of rotatable bonds is 5. The number of anilines is 1. The number of nitrogens with one attached hydrogen (secondary N) is 2. The average molecular weight is 229 g/mol. The van der Waals surface area contributed by atoms with E-state index in [-0.39, 0.29) is 12.5 Å². The molecule has 1 amide bonds. The minimum Gasteiger partial charge on any atom is -0.480 e. The lowest BCUT2D eigenvalue weighted by Crippen LogP contribution is -2.21. The van der Waals surface area contributed by atoms with Gasteiger partial charge < -0.3 is 15.7 Å². The number of nitrogens with zero attached hydrogens (tertiary/aromatic N) is 1. The number of carbonyl (C=O) groups excluding carboxylic acids is 1. The Morgan fingerprint density at radius 3 is 2.93 bits per heavy atom. The van der Waals surface area contributed by atoms with Crippen LogP contribution in [0.5, 0.6) is 0 Å². The molecule has 1 rings (SSSR count). The molecule has 3 N–H and O–H groups in total. The standard InChI is InChI=1S/C8H11N3O3S/c1-5(12)11-8-10-3-6(15-8)2-9-4-7(13)14/h3,9H,2,4H2,1H3,(H,13,14)(H,10,11,12). The van der Waals surface area contributed by atoms with Gasteiger partial charge in [-0.1, -0.05) is 0 Å². The Morgan fingerprint density at radius 1 is 1.60 bits per heavy atom. The maximum atomic E-state index is 10.7. The maximum Gasteiger partial charge on any atom is 0.317 e. The van der Waals surface area contributed by atoms with Crippen LogP contribution in [-0.4, -0.2) is 28.5 Å². The summed E-state index contributed by atoms with van der Waals surface area (Å²) >= 11 is 1.31. The molecular weight excluding hydrogens is 218 g/mol. The Hall–Kier alpha value is -1.47. The van der Waals surface area contributed by atoms with Crippen molar-refractivity contribution < 1.29 is 14.7 Å². The molecule has 0 bridgehead atoms. The first-order chi connectivity index (χ1) is 7.08. The van der Waals surface area contributed by atoms with Gasteiger partial charge in [-0.05, 0) is 0 Å². The lowest BCUT2D eigenvalue weighted by atomic mass is 10.5. The van der Waals surface area contributed by atoms with Gasteiger partial charge in [0.15, 0.2) is 5.13 Å². The number of aromatic nitrogens is 1. The number of thiazole rings is 1. The molecule has 6 nitrogen and oxygen atoms in total. The molecule has 15 heavy (non-hydrogen) atoms. The van der Waals surface area contributed by atoms with Crippen molar-refractivity contribution in [1.29, 1.82) is 0 Å². The molecule has 1 aromatic rings. The van der Waals surface area contributed by atoms with Gasteiger partial charge in [0.1, 0.15) is 0 Å². The van der Waals surface area contributed by atoms with Gasteiger partial charge in [-0.25, -0.2) is 4.98 Å². The molecule has 0 aliphatic heterocycles. The van der Waals surface area contributed by atoms with Crippen molar-refractivity contribution in [3.05, 3.63) is 11.1 Å². The van der Waals surface area contributed by atoms with Crippen LogP contribution in [0.25, 0.3) is 0 Å². The van der Waals surface area contributed by atoms with E-state index in [2.05, 4.69) is 15.6 Å². The summed E-state index contributed by atoms with van der Waals surface area (Å²) in [6.45, 7) is 1.75. The lowest BCUT2D eigenvalue weighted by Gasteiger charge is -1.96. The van der Waals surface area contributed by atoms with Crippen LogP contribution in [0.3, 0.4) is 0 Å². The predicted octanol–water partition coefficient (Wildman–Crippen LogP) is 0.276. The van der Waals surface area contributed by atoms with Crippen LogP contribution < -0.4 is 10.6 Å². The minimum absolute atomic E-state index is 0.0899. The summed E-state index contributed by atoms with van der Waals surface area (Å²) < 4.78 is 0. The van der Waals surface area contributed by atoms with Gasteiger partial charge in [0.25, 0.3) is 0 Å². The summed E-state index contributed by atoms with van der Waals surface area (Å²) in [7, 11) is 0. The summed E-state index contributed by atoms with van der Waals surface area (Å²) in [6.07, 6.45) is 1.60. The Bertz CT molecular complexity index is 364.